The van der Waals surface area contributed by atoms with Gasteiger partial charge in [-0.2, -0.15) is 9.40 Å². The van der Waals surface area contributed by atoms with Crippen molar-refractivity contribution in [2.24, 2.45) is 5.92 Å². The van der Waals surface area contributed by atoms with E-state index in [0.29, 0.717) is 37.4 Å². The van der Waals surface area contributed by atoms with Gasteiger partial charge < -0.3 is 9.32 Å². The molecule has 2 aliphatic heterocycles. The molecule has 1 N–H and O–H groups in total. The summed E-state index contributed by atoms with van der Waals surface area (Å²) in [7, 11) is -3.70. The van der Waals surface area contributed by atoms with E-state index in [1.165, 1.54) is 23.2 Å². The first-order valence-electron chi connectivity index (χ1n) is 9.94. The lowest BCUT2D eigenvalue weighted by atomic mass is 9.96. The Morgan fingerprint density at radius 3 is 2.39 bits per heavy atom. The summed E-state index contributed by atoms with van der Waals surface area (Å²) in [4.78, 5) is 14.8. The number of hydrogen-bond acceptors (Lipinski definition) is 5. The quantitative estimate of drug-likeness (QED) is 0.841. The van der Waals surface area contributed by atoms with Gasteiger partial charge in [-0.1, -0.05) is 12.8 Å². The second-order valence-electron chi connectivity index (χ2n) is 7.51. The first-order chi connectivity index (χ1) is 13.6. The van der Waals surface area contributed by atoms with Crippen molar-refractivity contribution < 1.29 is 17.6 Å². The summed E-state index contributed by atoms with van der Waals surface area (Å²) in [5.74, 6) is 0.544. The van der Waals surface area contributed by atoms with E-state index in [1.807, 2.05) is 4.90 Å². The van der Waals surface area contributed by atoms with Crippen LogP contribution in [0.1, 0.15) is 38.5 Å². The number of likely N-dealkylation sites (tertiary alicyclic amines) is 1. The Labute approximate surface area is 164 Å². The normalized spacial score (nSPS) is 20.2. The number of amides is 1. The van der Waals surface area contributed by atoms with E-state index < -0.39 is 10.0 Å². The SMILES string of the molecule is O=C(C1CCN(S(=O)(=O)c2ccc(-c3ccn[nH]3)o2)CC1)N1CCCCCC1. The molecule has 9 heteroatoms. The fourth-order valence-corrected chi connectivity index (χ4v) is 5.40. The molecule has 2 aromatic heterocycles. The molecule has 0 aliphatic carbocycles. The van der Waals surface area contributed by atoms with E-state index in [2.05, 4.69) is 10.2 Å². The van der Waals surface area contributed by atoms with Crippen molar-refractivity contribution in [2.45, 2.75) is 43.6 Å². The van der Waals surface area contributed by atoms with Crippen molar-refractivity contribution in [1.82, 2.24) is 19.4 Å². The number of carbonyl (C=O) groups is 1. The molecule has 0 saturated carbocycles. The largest absolute Gasteiger partial charge is 0.442 e. The van der Waals surface area contributed by atoms with Crippen LogP contribution >= 0.6 is 0 Å². The van der Waals surface area contributed by atoms with E-state index in [0.717, 1.165) is 25.9 Å². The maximum Gasteiger partial charge on any atom is 0.276 e. The zero-order chi connectivity index (χ0) is 19.6. The summed E-state index contributed by atoms with van der Waals surface area (Å²) in [6, 6.07) is 4.81. The van der Waals surface area contributed by atoms with Gasteiger partial charge in [0, 0.05) is 38.3 Å². The monoisotopic (exact) mass is 406 g/mol. The standard InChI is InChI=1S/C19H26N4O4S/c24-19(22-11-3-1-2-4-12-22)15-8-13-23(14-9-15)28(25,26)18-6-5-17(27-18)16-7-10-20-21-16/h5-7,10,15H,1-4,8-9,11-14H2,(H,20,21). The number of hydrogen-bond donors (Lipinski definition) is 1. The van der Waals surface area contributed by atoms with Crippen LogP contribution in [0.2, 0.25) is 0 Å². The van der Waals surface area contributed by atoms with Gasteiger partial charge in [0.15, 0.2) is 5.76 Å². The third-order valence-corrected chi connectivity index (χ3v) is 7.44. The van der Waals surface area contributed by atoms with Gasteiger partial charge in [-0.25, -0.2) is 8.42 Å². The van der Waals surface area contributed by atoms with Gasteiger partial charge in [-0.15, -0.1) is 0 Å². The number of carbonyl (C=O) groups excluding carboxylic acids is 1. The number of aromatic nitrogens is 2. The maximum atomic E-state index is 12.9. The lowest BCUT2D eigenvalue weighted by Gasteiger charge is -2.32. The molecule has 2 saturated heterocycles. The van der Waals surface area contributed by atoms with Crippen LogP contribution in [0.4, 0.5) is 0 Å². The number of piperidine rings is 1. The molecule has 1 amide bonds. The van der Waals surface area contributed by atoms with Crippen molar-refractivity contribution in [3.63, 3.8) is 0 Å². The van der Waals surface area contributed by atoms with Gasteiger partial charge in [0.25, 0.3) is 10.0 Å². The van der Waals surface area contributed by atoms with Crippen LogP contribution in [-0.2, 0) is 14.8 Å². The minimum atomic E-state index is -3.70. The smallest absolute Gasteiger partial charge is 0.276 e. The van der Waals surface area contributed by atoms with Crippen LogP contribution < -0.4 is 0 Å². The predicted octanol–water partition coefficient (Wildman–Crippen LogP) is 2.47. The van der Waals surface area contributed by atoms with Crippen LogP contribution in [0.5, 0.6) is 0 Å². The summed E-state index contributed by atoms with van der Waals surface area (Å²) in [6.45, 7) is 2.35. The van der Waals surface area contributed by atoms with Crippen molar-refractivity contribution in [3.8, 4) is 11.5 Å². The second-order valence-corrected chi connectivity index (χ2v) is 9.38. The maximum absolute atomic E-state index is 12.9. The molecular formula is C19H26N4O4S. The average molecular weight is 407 g/mol. The van der Waals surface area contributed by atoms with Crippen LogP contribution in [0, 0.1) is 5.92 Å². The molecule has 0 unspecified atom stereocenters. The molecule has 0 bridgehead atoms. The van der Waals surface area contributed by atoms with Gasteiger partial charge in [-0.3, -0.25) is 9.89 Å². The van der Waals surface area contributed by atoms with Gasteiger partial charge in [0.05, 0.1) is 0 Å². The predicted molar refractivity (Wildman–Crippen MR) is 103 cm³/mol. The Hall–Kier alpha value is -2.13. The number of nitrogens with zero attached hydrogens (tertiary/aromatic N) is 3. The van der Waals surface area contributed by atoms with Crippen LogP contribution in [0.3, 0.4) is 0 Å². The summed E-state index contributed by atoms with van der Waals surface area (Å²) in [5, 5.41) is 6.53. The third kappa shape index (κ3) is 3.86. The van der Waals surface area contributed by atoms with Gasteiger partial charge in [0.1, 0.15) is 5.69 Å². The van der Waals surface area contributed by atoms with Gasteiger partial charge in [-0.05, 0) is 43.9 Å². The average Bonchev–Trinajstić information content (AvgIpc) is 3.35. The molecule has 28 heavy (non-hydrogen) atoms. The van der Waals surface area contributed by atoms with E-state index in [9.17, 15) is 13.2 Å². The summed E-state index contributed by atoms with van der Waals surface area (Å²) >= 11 is 0. The zero-order valence-corrected chi connectivity index (χ0v) is 16.7. The van der Waals surface area contributed by atoms with Crippen molar-refractivity contribution >= 4 is 15.9 Å². The Bertz CT molecular complexity index is 890. The van der Waals surface area contributed by atoms with Crippen LogP contribution in [0.25, 0.3) is 11.5 Å². The van der Waals surface area contributed by atoms with Gasteiger partial charge >= 0.3 is 0 Å². The molecule has 0 radical (unpaired) electrons. The number of nitrogens with one attached hydrogen (secondary N) is 1. The Morgan fingerprint density at radius 2 is 1.75 bits per heavy atom. The summed E-state index contributed by atoms with van der Waals surface area (Å²) in [5.41, 5.74) is 0.628. The molecule has 0 atom stereocenters. The van der Waals surface area contributed by atoms with Crippen LogP contribution in [0.15, 0.2) is 33.9 Å². The number of aromatic amines is 1. The second kappa shape index (κ2) is 8.08. The van der Waals surface area contributed by atoms with Crippen molar-refractivity contribution in [3.05, 3.63) is 24.4 Å². The fraction of sp³-hybridized carbons (Fsp3) is 0.579. The summed E-state index contributed by atoms with van der Waals surface area (Å²) in [6.07, 6.45) is 7.20. The minimum absolute atomic E-state index is 0.0746. The first kappa shape index (κ1) is 19.2. The minimum Gasteiger partial charge on any atom is -0.442 e. The first-order valence-corrected chi connectivity index (χ1v) is 11.4. The number of rotatable bonds is 4. The topological polar surface area (TPSA) is 99.5 Å². The van der Waals surface area contributed by atoms with E-state index in [4.69, 9.17) is 4.42 Å². The third-order valence-electron chi connectivity index (χ3n) is 5.66. The molecule has 8 nitrogen and oxygen atoms in total. The van der Waals surface area contributed by atoms with Gasteiger partial charge in [0.2, 0.25) is 11.0 Å². The molecule has 2 fully saturated rings. The molecule has 2 aliphatic rings. The zero-order valence-electron chi connectivity index (χ0n) is 15.8. The Balaban J connectivity index is 1.39. The summed E-state index contributed by atoms with van der Waals surface area (Å²) < 4.78 is 32.8. The van der Waals surface area contributed by atoms with E-state index in [1.54, 1.807) is 18.3 Å². The molecule has 0 spiro atoms. The number of H-pyrrole nitrogens is 1. The van der Waals surface area contributed by atoms with E-state index in [-0.39, 0.29) is 16.9 Å². The molecule has 152 valence electrons. The fourth-order valence-electron chi connectivity index (χ4n) is 4.02. The Kier molecular flexibility index (Phi) is 5.54. The molecular weight excluding hydrogens is 380 g/mol. The lowest BCUT2D eigenvalue weighted by molar-refractivity contribution is -0.136. The Morgan fingerprint density at radius 1 is 1.04 bits per heavy atom. The lowest BCUT2D eigenvalue weighted by Crippen LogP contribution is -2.44. The molecule has 4 rings (SSSR count). The highest BCUT2D eigenvalue weighted by Gasteiger charge is 2.35. The van der Waals surface area contributed by atoms with Crippen molar-refractivity contribution in [2.75, 3.05) is 26.2 Å². The number of sulfonamides is 1. The highest BCUT2D eigenvalue weighted by atomic mass is 32.2. The molecule has 4 heterocycles. The highest BCUT2D eigenvalue weighted by molar-refractivity contribution is 7.89. The van der Waals surface area contributed by atoms with Crippen molar-refractivity contribution in [1.29, 1.82) is 0 Å². The van der Waals surface area contributed by atoms with E-state index >= 15 is 0 Å². The molecule has 0 aromatic carbocycles. The van der Waals surface area contributed by atoms with Crippen LogP contribution in [-0.4, -0.2) is 59.9 Å². The molecule has 2 aromatic rings. The highest BCUT2D eigenvalue weighted by Crippen LogP contribution is 2.29. The number of furan rings is 1.